The van der Waals surface area contributed by atoms with E-state index in [0.717, 1.165) is 29.9 Å². The Morgan fingerprint density at radius 1 is 1.08 bits per heavy atom. The lowest BCUT2D eigenvalue weighted by molar-refractivity contribution is 0.0656. The van der Waals surface area contributed by atoms with Crippen molar-refractivity contribution in [1.82, 2.24) is 9.80 Å². The average Bonchev–Trinajstić information content (AvgIpc) is 3.47. The zero-order chi connectivity index (χ0) is 25.4. The number of rotatable bonds is 9. The highest BCUT2D eigenvalue weighted by Gasteiger charge is 2.43. The van der Waals surface area contributed by atoms with Gasteiger partial charge in [0.2, 0.25) is 0 Å². The number of fused-ring (bicyclic) bond motifs is 1. The van der Waals surface area contributed by atoms with E-state index in [0.29, 0.717) is 26.9 Å². The smallest absolute Gasteiger partial charge is 0.265 e. The van der Waals surface area contributed by atoms with Crippen LogP contribution in [0.15, 0.2) is 54.6 Å². The summed E-state index contributed by atoms with van der Waals surface area (Å²) < 4.78 is 0.505. The molecule has 0 radical (unpaired) electrons. The normalized spacial score (nSPS) is 15.9. The van der Waals surface area contributed by atoms with Gasteiger partial charge in [-0.3, -0.25) is 19.3 Å². The van der Waals surface area contributed by atoms with Gasteiger partial charge < -0.3 is 10.2 Å². The molecule has 8 heteroatoms. The topological polar surface area (TPSA) is 69.7 Å². The van der Waals surface area contributed by atoms with E-state index in [1.807, 2.05) is 0 Å². The first-order valence-corrected chi connectivity index (χ1v) is 13.3. The Kier molecular flexibility index (Phi) is 6.72. The fourth-order valence-corrected chi connectivity index (χ4v) is 5.77. The standard InChI is InChI=1S/C28H28ClN3O3S/c1-31(2)16-14-28(12-13-28)19-6-3-5-18(17-19)11-15-32-26(34)20-7-4-8-21(24(20)27(32)35)30-25(33)22-9-10-23(29)36-22/h3-10,17H,11-16H2,1-2H3,(H,30,33). The van der Waals surface area contributed by atoms with Crippen LogP contribution < -0.4 is 5.32 Å². The zero-order valence-corrected chi connectivity index (χ0v) is 21.9. The summed E-state index contributed by atoms with van der Waals surface area (Å²) in [6.45, 7) is 1.34. The highest BCUT2D eigenvalue weighted by Crippen LogP contribution is 2.51. The summed E-state index contributed by atoms with van der Waals surface area (Å²) in [5.74, 6) is -1.07. The molecule has 36 heavy (non-hydrogen) atoms. The molecule has 1 fully saturated rings. The molecule has 1 N–H and O–H groups in total. The molecule has 1 aliphatic carbocycles. The van der Waals surface area contributed by atoms with Crippen molar-refractivity contribution in [3.8, 4) is 0 Å². The van der Waals surface area contributed by atoms with Gasteiger partial charge >= 0.3 is 0 Å². The van der Waals surface area contributed by atoms with Gasteiger partial charge in [-0.1, -0.05) is 41.9 Å². The van der Waals surface area contributed by atoms with E-state index in [1.54, 1.807) is 30.3 Å². The Morgan fingerprint density at radius 3 is 2.56 bits per heavy atom. The number of halogens is 1. The van der Waals surface area contributed by atoms with Crippen molar-refractivity contribution in [2.75, 3.05) is 32.5 Å². The third-order valence-electron chi connectivity index (χ3n) is 7.10. The molecule has 186 valence electrons. The Balaban J connectivity index is 1.29. The molecule has 1 saturated carbocycles. The third kappa shape index (κ3) is 4.83. The van der Waals surface area contributed by atoms with E-state index in [-0.39, 0.29) is 35.2 Å². The molecule has 2 aliphatic rings. The van der Waals surface area contributed by atoms with Crippen molar-refractivity contribution < 1.29 is 14.4 Å². The number of anilines is 1. The van der Waals surface area contributed by atoms with E-state index in [2.05, 4.69) is 48.6 Å². The molecule has 3 amide bonds. The molecule has 6 nitrogen and oxygen atoms in total. The molecule has 2 heterocycles. The van der Waals surface area contributed by atoms with E-state index in [1.165, 1.54) is 23.3 Å². The number of imide groups is 1. The molecule has 0 atom stereocenters. The number of amides is 3. The maximum atomic E-state index is 13.3. The molecule has 1 aliphatic heterocycles. The van der Waals surface area contributed by atoms with Crippen molar-refractivity contribution in [1.29, 1.82) is 0 Å². The Bertz CT molecular complexity index is 1350. The summed E-state index contributed by atoms with van der Waals surface area (Å²) in [4.78, 5) is 43.0. The summed E-state index contributed by atoms with van der Waals surface area (Å²) in [5.41, 5.74) is 3.62. The molecular weight excluding hydrogens is 494 g/mol. The molecule has 1 aromatic heterocycles. The van der Waals surface area contributed by atoms with E-state index in [4.69, 9.17) is 11.6 Å². The zero-order valence-electron chi connectivity index (χ0n) is 20.3. The van der Waals surface area contributed by atoms with Gasteiger partial charge in [0.1, 0.15) is 0 Å². The number of hydrogen-bond donors (Lipinski definition) is 1. The number of carbonyl (C=O) groups is 3. The first-order chi connectivity index (χ1) is 17.3. The second-order valence-corrected chi connectivity index (χ2v) is 11.5. The SMILES string of the molecule is CN(C)CCC1(c2cccc(CCN3C(=O)c4cccc(NC(=O)c5ccc(Cl)s5)c4C3=O)c2)CC1. The maximum Gasteiger partial charge on any atom is 0.265 e. The van der Waals surface area contributed by atoms with Crippen molar-refractivity contribution >= 4 is 46.3 Å². The highest BCUT2D eigenvalue weighted by atomic mass is 35.5. The number of benzene rings is 2. The summed E-state index contributed by atoms with van der Waals surface area (Å²) in [7, 11) is 4.20. The van der Waals surface area contributed by atoms with Gasteiger partial charge in [0.05, 0.1) is 26.0 Å². The highest BCUT2D eigenvalue weighted by molar-refractivity contribution is 7.18. The van der Waals surface area contributed by atoms with Crippen LogP contribution in [0.1, 0.15) is 60.8 Å². The van der Waals surface area contributed by atoms with Crippen LogP contribution in [0.3, 0.4) is 0 Å². The number of hydrogen-bond acceptors (Lipinski definition) is 5. The van der Waals surface area contributed by atoms with Crippen LogP contribution in [-0.2, 0) is 11.8 Å². The maximum absolute atomic E-state index is 13.3. The van der Waals surface area contributed by atoms with E-state index in [9.17, 15) is 14.4 Å². The van der Waals surface area contributed by atoms with E-state index >= 15 is 0 Å². The van der Waals surface area contributed by atoms with E-state index < -0.39 is 0 Å². The van der Waals surface area contributed by atoms with Gasteiger partial charge in [0.25, 0.3) is 17.7 Å². The second-order valence-electron chi connectivity index (χ2n) is 9.83. The fraction of sp³-hybridized carbons (Fsp3) is 0.321. The average molecular weight is 522 g/mol. The van der Waals surface area contributed by atoms with Crippen LogP contribution in [0.5, 0.6) is 0 Å². The first kappa shape index (κ1) is 24.7. The Morgan fingerprint density at radius 2 is 1.86 bits per heavy atom. The summed E-state index contributed by atoms with van der Waals surface area (Å²) >= 11 is 7.10. The van der Waals surface area contributed by atoms with Gasteiger partial charge in [-0.15, -0.1) is 11.3 Å². The predicted octanol–water partition coefficient (Wildman–Crippen LogP) is 5.48. The predicted molar refractivity (Wildman–Crippen MR) is 143 cm³/mol. The monoisotopic (exact) mass is 521 g/mol. The number of carbonyl (C=O) groups excluding carboxylic acids is 3. The molecule has 2 aromatic carbocycles. The Hall–Kier alpha value is -3.00. The minimum Gasteiger partial charge on any atom is -0.321 e. The second kappa shape index (κ2) is 9.81. The van der Waals surface area contributed by atoms with Crippen LogP contribution in [0.25, 0.3) is 0 Å². The van der Waals surface area contributed by atoms with Crippen LogP contribution in [-0.4, -0.2) is 54.7 Å². The summed E-state index contributed by atoms with van der Waals surface area (Å²) in [6, 6.07) is 16.8. The molecule has 0 spiro atoms. The van der Waals surface area contributed by atoms with Gasteiger partial charge in [0, 0.05) is 6.54 Å². The molecule has 3 aromatic rings. The molecule has 0 unspecified atom stereocenters. The molecule has 5 rings (SSSR count). The van der Waals surface area contributed by atoms with Crippen molar-refractivity contribution in [2.24, 2.45) is 0 Å². The van der Waals surface area contributed by atoms with Crippen molar-refractivity contribution in [2.45, 2.75) is 31.1 Å². The van der Waals surface area contributed by atoms with Gasteiger partial charge in [-0.25, -0.2) is 0 Å². The van der Waals surface area contributed by atoms with Crippen LogP contribution >= 0.6 is 22.9 Å². The van der Waals surface area contributed by atoms with Crippen LogP contribution in [0, 0.1) is 0 Å². The van der Waals surface area contributed by atoms with Crippen molar-refractivity contribution in [3.05, 3.63) is 86.1 Å². The minimum absolute atomic E-state index is 0.243. The first-order valence-electron chi connectivity index (χ1n) is 12.1. The Labute approximate surface area is 219 Å². The third-order valence-corrected chi connectivity index (χ3v) is 8.33. The summed E-state index contributed by atoms with van der Waals surface area (Å²) in [6.07, 6.45) is 4.12. The quantitative estimate of drug-likeness (QED) is 0.379. The van der Waals surface area contributed by atoms with Gasteiger partial charge in [0.15, 0.2) is 0 Å². The lowest BCUT2D eigenvalue weighted by atomic mass is 9.90. The van der Waals surface area contributed by atoms with Gasteiger partial charge in [-0.2, -0.15) is 0 Å². The van der Waals surface area contributed by atoms with Crippen molar-refractivity contribution in [3.63, 3.8) is 0 Å². The molecule has 0 saturated heterocycles. The fourth-order valence-electron chi connectivity index (χ4n) is 4.83. The number of nitrogens with one attached hydrogen (secondary N) is 1. The molecular formula is C28H28ClN3O3S. The lowest BCUT2D eigenvalue weighted by Gasteiger charge is -2.20. The molecule has 0 bridgehead atoms. The summed E-state index contributed by atoms with van der Waals surface area (Å²) in [5, 5.41) is 2.78. The van der Waals surface area contributed by atoms with Crippen LogP contribution in [0.4, 0.5) is 5.69 Å². The minimum atomic E-state index is -0.379. The largest absolute Gasteiger partial charge is 0.321 e. The number of nitrogens with zero attached hydrogens (tertiary/aromatic N) is 2. The number of thiophene rings is 1. The lowest BCUT2D eigenvalue weighted by Crippen LogP contribution is -2.32. The van der Waals surface area contributed by atoms with Crippen LogP contribution in [0.2, 0.25) is 4.34 Å². The van der Waals surface area contributed by atoms with Gasteiger partial charge in [-0.05, 0) is 87.1 Å².